The molecule has 5 rings (SSSR count). The quantitative estimate of drug-likeness (QED) is 0.763. The van der Waals surface area contributed by atoms with E-state index < -0.39 is 0 Å². The van der Waals surface area contributed by atoms with Crippen LogP contribution in [0.2, 0.25) is 0 Å². The van der Waals surface area contributed by atoms with Crippen molar-refractivity contribution in [3.63, 3.8) is 0 Å². The summed E-state index contributed by atoms with van der Waals surface area (Å²) < 4.78 is 2.18. The standard InChI is InChI=1S/C23H26N4O/c24-19-11-10-16-14-26(15-18(16)19)23(28)13-12-22-25-20-8-4-5-9-21(20)27(22)17-6-2-1-3-7-17/h1-9,16,18-19H,10-15,24H2. The Bertz CT molecular complexity index is 996. The molecule has 1 aromatic heterocycles. The zero-order chi connectivity index (χ0) is 19.1. The molecule has 3 atom stereocenters. The highest BCUT2D eigenvalue weighted by atomic mass is 16.2. The zero-order valence-corrected chi connectivity index (χ0v) is 16.0. The topological polar surface area (TPSA) is 64.2 Å². The van der Waals surface area contributed by atoms with Gasteiger partial charge in [-0.3, -0.25) is 9.36 Å². The number of hydrogen-bond donors (Lipinski definition) is 1. The Balaban J connectivity index is 1.36. The van der Waals surface area contributed by atoms with E-state index in [1.807, 2.05) is 41.3 Å². The second-order valence-electron chi connectivity index (χ2n) is 8.15. The molecule has 1 saturated carbocycles. The Kier molecular flexibility index (Phi) is 4.40. The lowest BCUT2D eigenvalue weighted by atomic mass is 9.98. The van der Waals surface area contributed by atoms with E-state index in [1.165, 1.54) is 6.42 Å². The molecule has 1 aliphatic heterocycles. The lowest BCUT2D eigenvalue weighted by Gasteiger charge is -2.19. The van der Waals surface area contributed by atoms with Crippen molar-refractivity contribution in [2.45, 2.75) is 31.7 Å². The third-order valence-electron chi connectivity index (χ3n) is 6.47. The second-order valence-corrected chi connectivity index (χ2v) is 8.15. The van der Waals surface area contributed by atoms with Gasteiger partial charge in [-0.05, 0) is 48.9 Å². The monoisotopic (exact) mass is 374 g/mol. The molecule has 2 N–H and O–H groups in total. The highest BCUT2D eigenvalue weighted by molar-refractivity contribution is 5.79. The SMILES string of the molecule is NC1CCC2CN(C(=O)CCc3nc4ccccc4n3-c3ccccc3)CC12. The Morgan fingerprint density at radius 2 is 1.82 bits per heavy atom. The number of carbonyl (C=O) groups is 1. The molecule has 2 heterocycles. The van der Waals surface area contributed by atoms with Gasteiger partial charge in [-0.1, -0.05) is 30.3 Å². The van der Waals surface area contributed by atoms with Crippen LogP contribution < -0.4 is 5.73 Å². The van der Waals surface area contributed by atoms with Crippen molar-refractivity contribution in [3.8, 4) is 5.69 Å². The van der Waals surface area contributed by atoms with E-state index in [9.17, 15) is 4.79 Å². The lowest BCUT2D eigenvalue weighted by molar-refractivity contribution is -0.130. The number of hydrogen-bond acceptors (Lipinski definition) is 3. The molecular weight excluding hydrogens is 348 g/mol. The fourth-order valence-corrected chi connectivity index (χ4v) is 5.00. The van der Waals surface area contributed by atoms with Crippen molar-refractivity contribution in [1.29, 1.82) is 0 Å². The van der Waals surface area contributed by atoms with Gasteiger partial charge in [0.15, 0.2) is 0 Å². The number of aromatic nitrogens is 2. The second kappa shape index (κ2) is 7.06. The Morgan fingerprint density at radius 3 is 2.64 bits per heavy atom. The number of imidazole rings is 1. The van der Waals surface area contributed by atoms with E-state index in [1.54, 1.807) is 0 Å². The number of nitrogens with two attached hydrogens (primary N) is 1. The first-order valence-electron chi connectivity index (χ1n) is 10.3. The summed E-state index contributed by atoms with van der Waals surface area (Å²) in [6.45, 7) is 1.71. The summed E-state index contributed by atoms with van der Waals surface area (Å²) in [5.74, 6) is 2.27. The first kappa shape index (κ1) is 17.4. The van der Waals surface area contributed by atoms with E-state index in [4.69, 9.17) is 10.7 Å². The van der Waals surface area contributed by atoms with Crippen LogP contribution in [-0.2, 0) is 11.2 Å². The molecule has 0 bridgehead atoms. The molecule has 1 saturated heterocycles. The molecule has 1 aliphatic carbocycles. The number of nitrogens with zero attached hydrogens (tertiary/aromatic N) is 3. The molecule has 0 spiro atoms. The third kappa shape index (κ3) is 3.00. The smallest absolute Gasteiger partial charge is 0.223 e. The van der Waals surface area contributed by atoms with E-state index >= 15 is 0 Å². The summed E-state index contributed by atoms with van der Waals surface area (Å²) in [7, 11) is 0. The van der Waals surface area contributed by atoms with Gasteiger partial charge in [0.1, 0.15) is 5.82 Å². The fourth-order valence-electron chi connectivity index (χ4n) is 5.00. The van der Waals surface area contributed by atoms with Crippen molar-refractivity contribution >= 4 is 16.9 Å². The molecule has 144 valence electrons. The molecule has 5 heteroatoms. The first-order valence-corrected chi connectivity index (χ1v) is 10.3. The first-order chi connectivity index (χ1) is 13.7. The van der Waals surface area contributed by atoms with Gasteiger partial charge in [0.05, 0.1) is 11.0 Å². The van der Waals surface area contributed by atoms with Crippen molar-refractivity contribution in [2.75, 3.05) is 13.1 Å². The van der Waals surface area contributed by atoms with Gasteiger partial charge >= 0.3 is 0 Å². The molecule has 5 nitrogen and oxygen atoms in total. The molecular formula is C23H26N4O. The fraction of sp³-hybridized carbons (Fsp3) is 0.391. The van der Waals surface area contributed by atoms with Gasteiger partial charge in [0.2, 0.25) is 5.91 Å². The number of fused-ring (bicyclic) bond motifs is 2. The van der Waals surface area contributed by atoms with Crippen LogP contribution >= 0.6 is 0 Å². The highest BCUT2D eigenvalue weighted by Gasteiger charge is 2.42. The van der Waals surface area contributed by atoms with Gasteiger partial charge in [-0.15, -0.1) is 0 Å². The van der Waals surface area contributed by atoms with Gasteiger partial charge in [0.25, 0.3) is 0 Å². The predicted octanol–water partition coefficient (Wildman–Crippen LogP) is 3.15. The summed E-state index contributed by atoms with van der Waals surface area (Å²) in [4.78, 5) is 19.7. The number of carbonyl (C=O) groups excluding carboxylic acids is 1. The van der Waals surface area contributed by atoms with E-state index in [2.05, 4.69) is 22.8 Å². The minimum atomic E-state index is 0.230. The summed E-state index contributed by atoms with van der Waals surface area (Å²) in [6, 6.07) is 18.7. The van der Waals surface area contributed by atoms with Crippen molar-refractivity contribution in [1.82, 2.24) is 14.5 Å². The summed E-state index contributed by atoms with van der Waals surface area (Å²) in [5.41, 5.74) is 9.36. The van der Waals surface area contributed by atoms with Gasteiger partial charge in [0, 0.05) is 37.7 Å². The predicted molar refractivity (Wildman–Crippen MR) is 110 cm³/mol. The third-order valence-corrected chi connectivity index (χ3v) is 6.47. The number of rotatable bonds is 4. The number of amides is 1. The summed E-state index contributed by atoms with van der Waals surface area (Å²) in [6.07, 6.45) is 3.41. The maximum Gasteiger partial charge on any atom is 0.223 e. The maximum atomic E-state index is 12.9. The molecule has 0 radical (unpaired) electrons. The van der Waals surface area contributed by atoms with Crippen molar-refractivity contribution in [2.24, 2.45) is 17.6 Å². The minimum Gasteiger partial charge on any atom is -0.342 e. The largest absolute Gasteiger partial charge is 0.342 e. The Labute approximate surface area is 165 Å². The molecule has 2 fully saturated rings. The van der Waals surface area contributed by atoms with E-state index in [-0.39, 0.29) is 11.9 Å². The number of aryl methyl sites for hydroxylation is 1. The van der Waals surface area contributed by atoms with Crippen molar-refractivity contribution in [3.05, 3.63) is 60.4 Å². The molecule has 3 unspecified atom stereocenters. The highest BCUT2D eigenvalue weighted by Crippen LogP contribution is 2.37. The van der Waals surface area contributed by atoms with Crippen LogP contribution in [0, 0.1) is 11.8 Å². The number of likely N-dealkylation sites (tertiary alicyclic amines) is 1. The van der Waals surface area contributed by atoms with Crippen LogP contribution in [0.1, 0.15) is 25.1 Å². The molecule has 2 aromatic carbocycles. The summed E-state index contributed by atoms with van der Waals surface area (Å²) >= 11 is 0. The summed E-state index contributed by atoms with van der Waals surface area (Å²) in [5, 5.41) is 0. The van der Waals surface area contributed by atoms with Crippen LogP contribution in [0.15, 0.2) is 54.6 Å². The average Bonchev–Trinajstić information content (AvgIpc) is 3.40. The minimum absolute atomic E-state index is 0.230. The van der Waals surface area contributed by atoms with Gasteiger partial charge in [-0.2, -0.15) is 0 Å². The Morgan fingerprint density at radius 1 is 1.04 bits per heavy atom. The van der Waals surface area contributed by atoms with Gasteiger partial charge in [-0.25, -0.2) is 4.98 Å². The Hall–Kier alpha value is -2.66. The molecule has 3 aromatic rings. The normalized spacial score (nSPS) is 24.0. The van der Waals surface area contributed by atoms with Crippen molar-refractivity contribution < 1.29 is 4.79 Å². The maximum absolute atomic E-state index is 12.9. The lowest BCUT2D eigenvalue weighted by Crippen LogP contribution is -2.33. The van der Waals surface area contributed by atoms with Crippen LogP contribution in [0.25, 0.3) is 16.7 Å². The van der Waals surface area contributed by atoms with Crippen LogP contribution in [0.4, 0.5) is 0 Å². The molecule has 2 aliphatic rings. The van der Waals surface area contributed by atoms with Crippen LogP contribution in [0.3, 0.4) is 0 Å². The van der Waals surface area contributed by atoms with E-state index in [0.29, 0.717) is 24.7 Å². The zero-order valence-electron chi connectivity index (χ0n) is 16.0. The van der Waals surface area contributed by atoms with Gasteiger partial charge < -0.3 is 10.6 Å². The molecule has 28 heavy (non-hydrogen) atoms. The molecule has 1 amide bonds. The number of benzene rings is 2. The average molecular weight is 374 g/mol. The van der Waals surface area contributed by atoms with Crippen LogP contribution in [0.5, 0.6) is 0 Å². The number of para-hydroxylation sites is 3. The van der Waals surface area contributed by atoms with Crippen LogP contribution in [-0.4, -0.2) is 39.5 Å². The van der Waals surface area contributed by atoms with E-state index in [0.717, 1.165) is 42.1 Å².